The molecule has 0 aromatic carbocycles. The molecule has 0 aliphatic heterocycles. The third-order valence-corrected chi connectivity index (χ3v) is 3.38. The minimum absolute atomic E-state index is 0.679. The average Bonchev–Trinajstić information content (AvgIpc) is 2.83. The molecule has 0 unspecified atom stereocenters. The van der Waals surface area contributed by atoms with Crippen LogP contribution in [0.25, 0.3) is 0 Å². The minimum atomic E-state index is 0.679. The van der Waals surface area contributed by atoms with Crippen molar-refractivity contribution in [3.63, 3.8) is 0 Å². The second-order valence-electron chi connectivity index (χ2n) is 3.90. The van der Waals surface area contributed by atoms with Crippen LogP contribution in [0.4, 0.5) is 0 Å². The summed E-state index contributed by atoms with van der Waals surface area (Å²) in [5.41, 5.74) is 6.75. The molecule has 0 saturated carbocycles. The van der Waals surface area contributed by atoms with Gasteiger partial charge in [0.15, 0.2) is 0 Å². The van der Waals surface area contributed by atoms with Crippen LogP contribution in [-0.4, -0.2) is 23.0 Å². The van der Waals surface area contributed by atoms with Crippen molar-refractivity contribution >= 4 is 11.3 Å². The van der Waals surface area contributed by atoms with E-state index in [0.29, 0.717) is 6.54 Å². The van der Waals surface area contributed by atoms with Crippen LogP contribution in [0.3, 0.4) is 0 Å². The van der Waals surface area contributed by atoms with Crippen molar-refractivity contribution < 1.29 is 0 Å². The molecule has 3 nitrogen and oxygen atoms in total. The molecule has 90 valence electrons. The molecule has 0 fully saturated rings. The number of thiophene rings is 1. The predicted octanol–water partition coefficient (Wildman–Crippen LogP) is 2.10. The van der Waals surface area contributed by atoms with Gasteiger partial charge in [0.05, 0.1) is 5.69 Å². The van der Waals surface area contributed by atoms with Crippen molar-refractivity contribution in [3.05, 3.63) is 52.5 Å². The fraction of sp³-hybridized carbons (Fsp3) is 0.308. The first-order valence-electron chi connectivity index (χ1n) is 5.73. The Labute approximate surface area is 106 Å². The quantitative estimate of drug-likeness (QED) is 0.850. The van der Waals surface area contributed by atoms with Crippen LogP contribution in [0.2, 0.25) is 0 Å². The van der Waals surface area contributed by atoms with E-state index < -0.39 is 0 Å². The Morgan fingerprint density at radius 3 is 2.76 bits per heavy atom. The average molecular weight is 247 g/mol. The monoisotopic (exact) mass is 247 g/mol. The van der Waals surface area contributed by atoms with E-state index in [9.17, 15) is 0 Å². The van der Waals surface area contributed by atoms with E-state index in [1.165, 1.54) is 4.88 Å². The summed E-state index contributed by atoms with van der Waals surface area (Å²) >= 11 is 1.78. The third kappa shape index (κ3) is 3.93. The molecule has 0 radical (unpaired) electrons. The first kappa shape index (κ1) is 12.2. The number of rotatable bonds is 6. The summed E-state index contributed by atoms with van der Waals surface area (Å²) in [6.45, 7) is 3.38. The summed E-state index contributed by atoms with van der Waals surface area (Å²) in [6.07, 6.45) is 1.83. The molecule has 2 aromatic heterocycles. The molecule has 0 spiro atoms. The van der Waals surface area contributed by atoms with Gasteiger partial charge in [-0.25, -0.2) is 0 Å². The Bertz CT molecular complexity index is 413. The van der Waals surface area contributed by atoms with Crippen LogP contribution in [0.15, 0.2) is 41.9 Å². The van der Waals surface area contributed by atoms with Gasteiger partial charge in [0.1, 0.15) is 0 Å². The first-order chi connectivity index (χ1) is 8.38. The molecular formula is C13H17N3S. The van der Waals surface area contributed by atoms with Gasteiger partial charge in [0, 0.05) is 37.3 Å². The second-order valence-corrected chi connectivity index (χ2v) is 4.93. The summed E-state index contributed by atoms with van der Waals surface area (Å²) < 4.78 is 0. The van der Waals surface area contributed by atoms with Crippen molar-refractivity contribution in [1.29, 1.82) is 0 Å². The van der Waals surface area contributed by atoms with Crippen LogP contribution in [0.5, 0.6) is 0 Å². The van der Waals surface area contributed by atoms with Crippen molar-refractivity contribution in [1.82, 2.24) is 9.88 Å². The lowest BCUT2D eigenvalue weighted by Gasteiger charge is -2.20. The first-order valence-corrected chi connectivity index (χ1v) is 6.61. The molecule has 0 aliphatic carbocycles. The molecule has 17 heavy (non-hydrogen) atoms. The Kier molecular flexibility index (Phi) is 4.67. The zero-order chi connectivity index (χ0) is 11.9. The summed E-state index contributed by atoms with van der Waals surface area (Å²) in [4.78, 5) is 8.05. The van der Waals surface area contributed by atoms with Crippen molar-refractivity contribution in [2.45, 2.75) is 13.1 Å². The summed E-state index contributed by atoms with van der Waals surface area (Å²) in [6, 6.07) is 10.3. The lowest BCUT2D eigenvalue weighted by atomic mass is 10.3. The van der Waals surface area contributed by atoms with Crippen molar-refractivity contribution in [3.8, 4) is 0 Å². The lowest BCUT2D eigenvalue weighted by molar-refractivity contribution is 0.263. The van der Waals surface area contributed by atoms with Crippen molar-refractivity contribution in [2.75, 3.05) is 13.1 Å². The minimum Gasteiger partial charge on any atom is -0.329 e. The fourth-order valence-corrected chi connectivity index (χ4v) is 2.49. The smallest absolute Gasteiger partial charge is 0.0544 e. The Morgan fingerprint density at radius 2 is 2.12 bits per heavy atom. The maximum Gasteiger partial charge on any atom is 0.0544 e. The molecular weight excluding hydrogens is 230 g/mol. The van der Waals surface area contributed by atoms with Gasteiger partial charge in [0.25, 0.3) is 0 Å². The third-order valence-electron chi connectivity index (χ3n) is 2.52. The standard InChI is InChI=1S/C13H17N3S/c14-6-8-16(11-13-5-3-9-17-13)10-12-4-1-2-7-15-12/h1-5,7,9H,6,8,10-11,14H2. The molecule has 4 heteroatoms. The van der Waals surface area contributed by atoms with Gasteiger partial charge in [-0.05, 0) is 23.6 Å². The summed E-state index contributed by atoms with van der Waals surface area (Å²) in [5, 5.41) is 2.11. The Balaban J connectivity index is 1.97. The molecule has 0 atom stereocenters. The predicted molar refractivity (Wildman–Crippen MR) is 71.7 cm³/mol. The Hall–Kier alpha value is -1.23. The van der Waals surface area contributed by atoms with Crippen LogP contribution < -0.4 is 5.73 Å². The number of aromatic nitrogens is 1. The zero-order valence-corrected chi connectivity index (χ0v) is 10.6. The van der Waals surface area contributed by atoms with Gasteiger partial charge in [-0.15, -0.1) is 11.3 Å². The van der Waals surface area contributed by atoms with Gasteiger partial charge in [-0.3, -0.25) is 9.88 Å². The van der Waals surface area contributed by atoms with Gasteiger partial charge in [0.2, 0.25) is 0 Å². The molecule has 0 aliphatic rings. The van der Waals surface area contributed by atoms with E-state index in [2.05, 4.69) is 33.5 Å². The molecule has 0 saturated heterocycles. The maximum absolute atomic E-state index is 5.65. The zero-order valence-electron chi connectivity index (χ0n) is 9.75. The molecule has 2 heterocycles. The van der Waals surface area contributed by atoms with E-state index in [1.807, 2.05) is 18.3 Å². The molecule has 0 amide bonds. The highest BCUT2D eigenvalue weighted by Gasteiger charge is 2.07. The summed E-state index contributed by atoms with van der Waals surface area (Å²) in [7, 11) is 0. The van der Waals surface area contributed by atoms with Crippen LogP contribution in [0, 0.1) is 0 Å². The number of nitrogens with zero attached hydrogens (tertiary/aromatic N) is 2. The molecule has 2 N–H and O–H groups in total. The molecule has 0 bridgehead atoms. The highest BCUT2D eigenvalue weighted by atomic mass is 32.1. The highest BCUT2D eigenvalue weighted by Crippen LogP contribution is 2.13. The molecule has 2 rings (SSSR count). The van der Waals surface area contributed by atoms with Gasteiger partial charge in [-0.1, -0.05) is 12.1 Å². The second kappa shape index (κ2) is 6.49. The lowest BCUT2D eigenvalue weighted by Crippen LogP contribution is -2.28. The fourth-order valence-electron chi connectivity index (χ4n) is 1.74. The number of hydrogen-bond acceptors (Lipinski definition) is 4. The van der Waals surface area contributed by atoms with Crippen molar-refractivity contribution in [2.24, 2.45) is 5.73 Å². The number of nitrogens with two attached hydrogens (primary N) is 1. The summed E-state index contributed by atoms with van der Waals surface area (Å²) in [5.74, 6) is 0. The van der Waals surface area contributed by atoms with E-state index in [1.54, 1.807) is 11.3 Å². The van der Waals surface area contributed by atoms with Crippen LogP contribution in [0.1, 0.15) is 10.6 Å². The molecule has 2 aromatic rings. The van der Waals surface area contributed by atoms with Gasteiger partial charge < -0.3 is 5.73 Å². The van der Waals surface area contributed by atoms with Gasteiger partial charge in [-0.2, -0.15) is 0 Å². The normalized spacial score (nSPS) is 10.9. The topological polar surface area (TPSA) is 42.1 Å². The van der Waals surface area contributed by atoms with E-state index in [-0.39, 0.29) is 0 Å². The van der Waals surface area contributed by atoms with Gasteiger partial charge >= 0.3 is 0 Å². The van der Waals surface area contributed by atoms with E-state index in [0.717, 1.165) is 25.3 Å². The largest absolute Gasteiger partial charge is 0.329 e. The Morgan fingerprint density at radius 1 is 1.18 bits per heavy atom. The van der Waals surface area contributed by atoms with Crippen LogP contribution >= 0.6 is 11.3 Å². The van der Waals surface area contributed by atoms with E-state index in [4.69, 9.17) is 5.73 Å². The SMILES string of the molecule is NCCN(Cc1ccccn1)Cc1cccs1. The number of pyridine rings is 1. The van der Waals surface area contributed by atoms with E-state index >= 15 is 0 Å². The maximum atomic E-state index is 5.65. The highest BCUT2D eigenvalue weighted by molar-refractivity contribution is 7.09. The van der Waals surface area contributed by atoms with Crippen LogP contribution in [-0.2, 0) is 13.1 Å². The number of hydrogen-bond donors (Lipinski definition) is 1.